The van der Waals surface area contributed by atoms with Crippen LogP contribution in [0, 0.1) is 0 Å². The maximum absolute atomic E-state index is 12.6. The molecule has 0 aromatic carbocycles. The molecule has 32 heavy (non-hydrogen) atoms. The molecule has 1 amide bonds. The van der Waals surface area contributed by atoms with Crippen LogP contribution < -0.4 is 0 Å². The minimum atomic E-state index is -5.08. The fourth-order valence-corrected chi connectivity index (χ4v) is 4.17. The van der Waals surface area contributed by atoms with Crippen LogP contribution in [0.1, 0.15) is 35.3 Å². The van der Waals surface area contributed by atoms with E-state index in [-0.39, 0.29) is 17.6 Å². The number of aromatic nitrogens is 2. The van der Waals surface area contributed by atoms with Crippen molar-refractivity contribution in [2.24, 2.45) is 0 Å². The fourth-order valence-electron chi connectivity index (χ4n) is 3.64. The zero-order chi connectivity index (χ0) is 23.2. The van der Waals surface area contributed by atoms with Gasteiger partial charge in [-0.25, -0.2) is 9.78 Å². The highest BCUT2D eigenvalue weighted by atomic mass is 32.1. The molecule has 8 nitrogen and oxygen atoms in total. The summed E-state index contributed by atoms with van der Waals surface area (Å²) in [4.78, 5) is 31.6. The van der Waals surface area contributed by atoms with Crippen molar-refractivity contribution in [3.63, 3.8) is 0 Å². The SMILES string of the molecule is O=C(O)C(F)(F)F.O=C(c1cscn1)N1CCC[C@]2(C[C@H](OCc3cccnc3)CO2)C1. The van der Waals surface area contributed by atoms with Gasteiger partial charge in [0.05, 0.1) is 37.0 Å². The van der Waals surface area contributed by atoms with Crippen LogP contribution in [0.25, 0.3) is 0 Å². The molecule has 2 saturated heterocycles. The van der Waals surface area contributed by atoms with Crippen LogP contribution in [0.2, 0.25) is 0 Å². The molecular weight excluding hydrogens is 451 g/mol. The highest BCUT2D eigenvalue weighted by molar-refractivity contribution is 7.07. The molecule has 1 N–H and O–H groups in total. The van der Waals surface area contributed by atoms with Crippen molar-refractivity contribution in [1.29, 1.82) is 0 Å². The Bertz CT molecular complexity index is 898. The van der Waals surface area contributed by atoms with E-state index >= 15 is 0 Å². The molecule has 0 bridgehead atoms. The molecule has 0 radical (unpaired) electrons. The van der Waals surface area contributed by atoms with E-state index in [2.05, 4.69) is 9.97 Å². The number of alkyl halides is 3. The molecule has 1 spiro atoms. The largest absolute Gasteiger partial charge is 0.490 e. The number of halogens is 3. The van der Waals surface area contributed by atoms with Gasteiger partial charge in [-0.2, -0.15) is 13.2 Å². The molecule has 2 aliphatic rings. The Hall–Kier alpha value is -2.57. The number of rotatable bonds is 4. The number of carbonyl (C=O) groups excluding carboxylic acids is 1. The van der Waals surface area contributed by atoms with E-state index in [9.17, 15) is 18.0 Å². The van der Waals surface area contributed by atoms with Gasteiger partial charge in [0.15, 0.2) is 0 Å². The molecule has 12 heteroatoms. The van der Waals surface area contributed by atoms with Crippen LogP contribution in [-0.2, 0) is 20.9 Å². The van der Waals surface area contributed by atoms with E-state index in [0.29, 0.717) is 25.5 Å². The normalized spacial score (nSPS) is 23.0. The van der Waals surface area contributed by atoms with Gasteiger partial charge in [0.25, 0.3) is 5.91 Å². The Kier molecular flexibility index (Phi) is 7.80. The van der Waals surface area contributed by atoms with Gasteiger partial charge in [-0.05, 0) is 24.5 Å². The van der Waals surface area contributed by atoms with Crippen molar-refractivity contribution in [2.75, 3.05) is 19.7 Å². The zero-order valence-corrected chi connectivity index (χ0v) is 17.8. The average Bonchev–Trinajstić information content (AvgIpc) is 3.43. The maximum atomic E-state index is 12.6. The van der Waals surface area contributed by atoms with E-state index in [1.54, 1.807) is 17.1 Å². The molecule has 0 aliphatic carbocycles. The summed E-state index contributed by atoms with van der Waals surface area (Å²) in [5.41, 5.74) is 3.02. The van der Waals surface area contributed by atoms with Crippen LogP contribution >= 0.6 is 11.3 Å². The third-order valence-corrected chi connectivity index (χ3v) is 5.69. The number of likely N-dealkylation sites (tertiary alicyclic amines) is 1. The number of thiazole rings is 1. The average molecular weight is 473 g/mol. The van der Waals surface area contributed by atoms with E-state index in [1.165, 1.54) is 11.3 Å². The van der Waals surface area contributed by atoms with Crippen molar-refractivity contribution in [3.8, 4) is 0 Å². The molecule has 2 atom stereocenters. The standard InChI is InChI=1S/C18H21N3O3S.C2HF3O2/c22-17(16-11-25-13-20-16)21-6-2-4-18(12-21)7-15(10-24-18)23-9-14-3-1-5-19-8-14;3-2(4,5)1(6)7/h1,3,5,8,11,13,15H,2,4,6-7,9-10,12H2;(H,6,7)/t15-,18-;/m0./s1. The molecule has 2 aromatic heterocycles. The molecule has 0 unspecified atom stereocenters. The molecular formula is C20H22F3N3O5S. The highest BCUT2D eigenvalue weighted by Gasteiger charge is 2.45. The van der Waals surface area contributed by atoms with Gasteiger partial charge in [0.2, 0.25) is 0 Å². The minimum absolute atomic E-state index is 0.00338. The Balaban J connectivity index is 0.000000360. The van der Waals surface area contributed by atoms with E-state index in [4.69, 9.17) is 19.4 Å². The number of amides is 1. The van der Waals surface area contributed by atoms with Gasteiger partial charge >= 0.3 is 12.1 Å². The lowest BCUT2D eigenvalue weighted by Gasteiger charge is -2.39. The molecule has 4 rings (SSSR count). The van der Waals surface area contributed by atoms with Crippen LogP contribution in [0.5, 0.6) is 0 Å². The van der Waals surface area contributed by atoms with Crippen molar-refractivity contribution in [2.45, 2.75) is 43.8 Å². The summed E-state index contributed by atoms with van der Waals surface area (Å²) >= 11 is 1.45. The van der Waals surface area contributed by atoms with E-state index in [0.717, 1.165) is 31.4 Å². The van der Waals surface area contributed by atoms with Gasteiger partial charge in [-0.1, -0.05) is 6.07 Å². The van der Waals surface area contributed by atoms with Gasteiger partial charge in [0.1, 0.15) is 5.69 Å². The first-order chi connectivity index (χ1) is 15.2. The second kappa shape index (κ2) is 10.4. The summed E-state index contributed by atoms with van der Waals surface area (Å²) in [5.74, 6) is -2.75. The summed E-state index contributed by atoms with van der Waals surface area (Å²) in [6, 6.07) is 3.92. The Morgan fingerprint density at radius 1 is 1.41 bits per heavy atom. The number of carboxylic acids is 1. The molecule has 2 aromatic rings. The first-order valence-electron chi connectivity index (χ1n) is 9.81. The predicted molar refractivity (Wildman–Crippen MR) is 107 cm³/mol. The van der Waals surface area contributed by atoms with Crippen LogP contribution in [-0.4, -0.2) is 69.4 Å². The zero-order valence-electron chi connectivity index (χ0n) is 17.0. The Morgan fingerprint density at radius 2 is 2.19 bits per heavy atom. The third kappa shape index (κ3) is 6.47. The number of aliphatic carboxylic acids is 1. The summed E-state index contributed by atoms with van der Waals surface area (Å²) in [6.07, 6.45) is 1.31. The summed E-state index contributed by atoms with van der Waals surface area (Å²) in [7, 11) is 0. The highest BCUT2D eigenvalue weighted by Crippen LogP contribution is 2.36. The number of carbonyl (C=O) groups is 2. The monoisotopic (exact) mass is 473 g/mol. The number of ether oxygens (including phenoxy) is 2. The minimum Gasteiger partial charge on any atom is -0.475 e. The van der Waals surface area contributed by atoms with Crippen molar-refractivity contribution < 1.29 is 37.3 Å². The van der Waals surface area contributed by atoms with Crippen LogP contribution in [0.15, 0.2) is 35.4 Å². The van der Waals surface area contributed by atoms with Crippen LogP contribution in [0.3, 0.4) is 0 Å². The van der Waals surface area contributed by atoms with Gasteiger partial charge in [-0.3, -0.25) is 9.78 Å². The maximum Gasteiger partial charge on any atom is 0.490 e. The third-order valence-electron chi connectivity index (χ3n) is 5.10. The smallest absolute Gasteiger partial charge is 0.475 e. The molecule has 2 aliphatic heterocycles. The predicted octanol–water partition coefficient (Wildman–Crippen LogP) is 3.15. The fraction of sp³-hybridized carbons (Fsp3) is 0.500. The number of pyridine rings is 1. The molecule has 2 fully saturated rings. The number of hydrogen-bond acceptors (Lipinski definition) is 7. The number of hydrogen-bond donors (Lipinski definition) is 1. The first kappa shape index (κ1) is 24.1. The van der Waals surface area contributed by atoms with E-state index in [1.807, 2.05) is 23.2 Å². The Morgan fingerprint density at radius 3 is 2.81 bits per heavy atom. The molecule has 0 saturated carbocycles. The van der Waals surface area contributed by atoms with Crippen molar-refractivity contribution in [3.05, 3.63) is 46.7 Å². The first-order valence-corrected chi connectivity index (χ1v) is 10.7. The lowest BCUT2D eigenvalue weighted by molar-refractivity contribution is -0.192. The van der Waals surface area contributed by atoms with Gasteiger partial charge in [-0.15, -0.1) is 11.3 Å². The lowest BCUT2D eigenvalue weighted by atomic mass is 9.89. The summed E-state index contributed by atoms with van der Waals surface area (Å²) < 4.78 is 43.9. The number of piperidine rings is 1. The summed E-state index contributed by atoms with van der Waals surface area (Å²) in [5, 5.41) is 8.93. The topological polar surface area (TPSA) is 102 Å². The lowest BCUT2D eigenvalue weighted by Crippen LogP contribution is -2.50. The van der Waals surface area contributed by atoms with E-state index < -0.39 is 12.1 Å². The van der Waals surface area contributed by atoms with Gasteiger partial charge < -0.3 is 19.5 Å². The molecule has 4 heterocycles. The quantitative estimate of drug-likeness (QED) is 0.728. The second-order valence-electron chi connectivity index (χ2n) is 7.50. The Labute approximate surface area is 186 Å². The summed E-state index contributed by atoms with van der Waals surface area (Å²) in [6.45, 7) is 2.51. The number of nitrogens with zero attached hydrogens (tertiary/aromatic N) is 3. The van der Waals surface area contributed by atoms with Gasteiger partial charge in [0, 0.05) is 30.7 Å². The number of carboxylic acid groups (broad SMARTS) is 1. The second-order valence-corrected chi connectivity index (χ2v) is 8.22. The molecule has 174 valence electrons. The van der Waals surface area contributed by atoms with Crippen molar-refractivity contribution in [1.82, 2.24) is 14.9 Å². The van der Waals surface area contributed by atoms with Crippen LogP contribution in [0.4, 0.5) is 13.2 Å². The van der Waals surface area contributed by atoms with Crippen molar-refractivity contribution >= 4 is 23.2 Å².